The third kappa shape index (κ3) is 3.36. The first-order valence-corrected chi connectivity index (χ1v) is 7.68. The molecule has 2 fully saturated rings. The normalized spacial score (nSPS) is 34.2. The molecule has 3 heteroatoms. The van der Waals surface area contributed by atoms with E-state index in [0.29, 0.717) is 0 Å². The summed E-state index contributed by atoms with van der Waals surface area (Å²) in [5.41, 5.74) is 0. The number of rotatable bonds is 3. The van der Waals surface area contributed by atoms with Gasteiger partial charge in [-0.3, -0.25) is 0 Å². The molecular weight excluding hydrogens is 204 g/mol. The molecule has 2 aliphatic rings. The van der Waals surface area contributed by atoms with Gasteiger partial charge in [0.15, 0.2) is 0 Å². The van der Waals surface area contributed by atoms with Crippen LogP contribution in [0.25, 0.3) is 0 Å². The van der Waals surface area contributed by atoms with Crippen molar-refractivity contribution in [3.63, 3.8) is 0 Å². The van der Waals surface area contributed by atoms with Gasteiger partial charge in [-0.25, -0.2) is 0 Å². The minimum atomic E-state index is 0.781. The van der Waals surface area contributed by atoms with E-state index in [1.54, 1.807) is 0 Å². The Bertz CT molecular complexity index is 180. The molecule has 1 saturated heterocycles. The summed E-state index contributed by atoms with van der Waals surface area (Å²) < 4.78 is 0. The molecule has 1 saturated carbocycles. The first-order valence-electron chi connectivity index (χ1n) is 6.39. The first kappa shape index (κ1) is 11.7. The van der Waals surface area contributed by atoms with Crippen molar-refractivity contribution >= 4 is 11.8 Å². The van der Waals surface area contributed by atoms with Gasteiger partial charge in [0.2, 0.25) is 0 Å². The Morgan fingerprint density at radius 1 is 1.07 bits per heavy atom. The number of piperidine rings is 1. The van der Waals surface area contributed by atoms with Crippen molar-refractivity contribution in [1.29, 1.82) is 0 Å². The van der Waals surface area contributed by atoms with E-state index >= 15 is 0 Å². The summed E-state index contributed by atoms with van der Waals surface area (Å²) in [5, 5.41) is 8.20. The van der Waals surface area contributed by atoms with Gasteiger partial charge in [-0.1, -0.05) is 12.8 Å². The maximum absolute atomic E-state index is 3.90. The monoisotopic (exact) mass is 228 g/mol. The molecule has 1 aliphatic carbocycles. The van der Waals surface area contributed by atoms with E-state index in [2.05, 4.69) is 28.7 Å². The number of hydrogen-bond acceptors (Lipinski definition) is 3. The minimum absolute atomic E-state index is 0.781. The van der Waals surface area contributed by atoms with Gasteiger partial charge in [-0.05, 0) is 45.0 Å². The average Bonchev–Trinajstić information content (AvgIpc) is 2.31. The lowest BCUT2D eigenvalue weighted by atomic mass is 9.93. The van der Waals surface area contributed by atoms with Crippen molar-refractivity contribution in [2.75, 3.05) is 19.3 Å². The Hall–Kier alpha value is 0.270. The van der Waals surface area contributed by atoms with Crippen LogP contribution < -0.4 is 10.6 Å². The molecular formula is C12H24N2S. The Labute approximate surface area is 98.0 Å². The lowest BCUT2D eigenvalue weighted by Gasteiger charge is -2.35. The van der Waals surface area contributed by atoms with Gasteiger partial charge in [0.05, 0.1) is 0 Å². The second-order valence-electron chi connectivity index (χ2n) is 4.86. The second kappa shape index (κ2) is 6.12. The van der Waals surface area contributed by atoms with Crippen LogP contribution in [-0.2, 0) is 0 Å². The summed E-state index contributed by atoms with van der Waals surface area (Å²) in [6, 6.07) is 1.57. The van der Waals surface area contributed by atoms with Crippen molar-refractivity contribution in [3.8, 4) is 0 Å². The molecule has 1 aliphatic heterocycles. The van der Waals surface area contributed by atoms with Gasteiger partial charge >= 0.3 is 0 Å². The zero-order valence-corrected chi connectivity index (χ0v) is 10.6. The van der Waals surface area contributed by atoms with Crippen LogP contribution in [-0.4, -0.2) is 36.7 Å². The molecule has 2 atom stereocenters. The van der Waals surface area contributed by atoms with E-state index in [0.717, 1.165) is 17.3 Å². The molecule has 0 spiro atoms. The van der Waals surface area contributed by atoms with Crippen LogP contribution in [0, 0.1) is 0 Å². The lowest BCUT2D eigenvalue weighted by Crippen LogP contribution is -2.49. The summed E-state index contributed by atoms with van der Waals surface area (Å²) in [7, 11) is 0. The highest BCUT2D eigenvalue weighted by Gasteiger charge is 2.26. The number of nitrogens with one attached hydrogen (secondary N) is 2. The predicted molar refractivity (Wildman–Crippen MR) is 68.6 cm³/mol. The van der Waals surface area contributed by atoms with Crippen LogP contribution in [0.3, 0.4) is 0 Å². The molecule has 2 nitrogen and oxygen atoms in total. The largest absolute Gasteiger partial charge is 0.317 e. The fraction of sp³-hybridized carbons (Fsp3) is 1.00. The van der Waals surface area contributed by atoms with Crippen molar-refractivity contribution in [2.24, 2.45) is 0 Å². The average molecular weight is 228 g/mol. The van der Waals surface area contributed by atoms with Crippen LogP contribution >= 0.6 is 11.8 Å². The van der Waals surface area contributed by atoms with Crippen LogP contribution in [0.1, 0.15) is 38.5 Å². The van der Waals surface area contributed by atoms with Gasteiger partial charge in [-0.2, -0.15) is 11.8 Å². The molecule has 0 bridgehead atoms. The van der Waals surface area contributed by atoms with Crippen LogP contribution in [0.5, 0.6) is 0 Å². The van der Waals surface area contributed by atoms with Crippen molar-refractivity contribution < 1.29 is 0 Å². The summed E-state index contributed by atoms with van der Waals surface area (Å²) in [4.78, 5) is 0. The molecule has 2 rings (SSSR count). The maximum atomic E-state index is 3.90. The molecule has 0 aromatic heterocycles. The van der Waals surface area contributed by atoms with E-state index in [-0.39, 0.29) is 0 Å². The smallest absolute Gasteiger partial charge is 0.0198 e. The molecule has 2 N–H and O–H groups in total. The molecule has 15 heavy (non-hydrogen) atoms. The zero-order chi connectivity index (χ0) is 10.5. The van der Waals surface area contributed by atoms with E-state index < -0.39 is 0 Å². The fourth-order valence-corrected chi connectivity index (χ4v) is 3.81. The molecule has 0 amide bonds. The molecule has 2 unspecified atom stereocenters. The minimum Gasteiger partial charge on any atom is -0.317 e. The summed E-state index contributed by atoms with van der Waals surface area (Å²) in [6.07, 6.45) is 10.6. The standard InChI is InChI=1S/C12H24N2S/c1-15-12-5-3-2-4-11(12)14-10-6-8-13-9-7-10/h10-14H,2-9H2,1H3. The quantitative estimate of drug-likeness (QED) is 0.772. The Balaban J connectivity index is 1.79. The highest BCUT2D eigenvalue weighted by atomic mass is 32.2. The second-order valence-corrected chi connectivity index (χ2v) is 5.93. The fourth-order valence-electron chi connectivity index (χ4n) is 2.86. The maximum Gasteiger partial charge on any atom is 0.0198 e. The number of thioether (sulfide) groups is 1. The first-order chi connectivity index (χ1) is 7.40. The van der Waals surface area contributed by atoms with Crippen LogP contribution in [0.4, 0.5) is 0 Å². The molecule has 0 aromatic rings. The van der Waals surface area contributed by atoms with E-state index in [1.807, 2.05) is 0 Å². The van der Waals surface area contributed by atoms with Gasteiger partial charge in [0.25, 0.3) is 0 Å². The van der Waals surface area contributed by atoms with Gasteiger partial charge in [0, 0.05) is 17.3 Å². The summed E-state index contributed by atoms with van der Waals surface area (Å²) in [6.45, 7) is 2.41. The Morgan fingerprint density at radius 3 is 2.53 bits per heavy atom. The Morgan fingerprint density at radius 2 is 1.80 bits per heavy atom. The number of hydrogen-bond donors (Lipinski definition) is 2. The van der Waals surface area contributed by atoms with Gasteiger partial charge in [-0.15, -0.1) is 0 Å². The van der Waals surface area contributed by atoms with Crippen molar-refractivity contribution in [1.82, 2.24) is 10.6 Å². The third-order valence-electron chi connectivity index (χ3n) is 3.79. The predicted octanol–water partition coefficient (Wildman–Crippen LogP) is 2.00. The molecule has 0 aromatic carbocycles. The third-order valence-corrected chi connectivity index (χ3v) is 4.96. The summed E-state index contributed by atoms with van der Waals surface area (Å²) in [5.74, 6) is 0. The van der Waals surface area contributed by atoms with Crippen LogP contribution in [0.15, 0.2) is 0 Å². The van der Waals surface area contributed by atoms with Crippen LogP contribution in [0.2, 0.25) is 0 Å². The topological polar surface area (TPSA) is 24.1 Å². The SMILES string of the molecule is CSC1CCCCC1NC1CCNCC1. The van der Waals surface area contributed by atoms with Crippen molar-refractivity contribution in [3.05, 3.63) is 0 Å². The summed E-state index contributed by atoms with van der Waals surface area (Å²) >= 11 is 2.06. The Kier molecular flexibility index (Phi) is 4.79. The zero-order valence-electron chi connectivity index (χ0n) is 9.80. The molecule has 0 radical (unpaired) electrons. The van der Waals surface area contributed by atoms with Gasteiger partial charge < -0.3 is 10.6 Å². The highest BCUT2D eigenvalue weighted by Crippen LogP contribution is 2.27. The van der Waals surface area contributed by atoms with E-state index in [9.17, 15) is 0 Å². The van der Waals surface area contributed by atoms with Crippen molar-refractivity contribution in [2.45, 2.75) is 55.9 Å². The lowest BCUT2D eigenvalue weighted by molar-refractivity contribution is 0.304. The van der Waals surface area contributed by atoms with Gasteiger partial charge in [0.1, 0.15) is 0 Å². The highest BCUT2D eigenvalue weighted by molar-refractivity contribution is 7.99. The van der Waals surface area contributed by atoms with E-state index in [1.165, 1.54) is 51.6 Å². The molecule has 88 valence electrons. The van der Waals surface area contributed by atoms with E-state index in [4.69, 9.17) is 0 Å². The molecule has 1 heterocycles.